The van der Waals surface area contributed by atoms with Crippen LogP contribution >= 0.6 is 0 Å². The van der Waals surface area contributed by atoms with Crippen molar-refractivity contribution in [2.75, 3.05) is 22.6 Å². The highest BCUT2D eigenvalue weighted by Crippen LogP contribution is 2.18. The van der Waals surface area contributed by atoms with Gasteiger partial charge in [-0.2, -0.15) is 0 Å². The SMILES string of the molecule is Cc1ccc(N)cc1NC(=O)CCCS(=O)CCC(C)C. The zero-order valence-corrected chi connectivity index (χ0v) is 14.0. The van der Waals surface area contributed by atoms with E-state index in [4.69, 9.17) is 5.73 Å². The van der Waals surface area contributed by atoms with Crippen molar-refractivity contribution in [3.63, 3.8) is 0 Å². The third kappa shape index (κ3) is 7.27. The van der Waals surface area contributed by atoms with E-state index in [0.29, 0.717) is 30.2 Å². The molecular formula is C16H26N2O2S. The fraction of sp³-hybridized carbons (Fsp3) is 0.562. The molecule has 0 aliphatic heterocycles. The van der Waals surface area contributed by atoms with E-state index in [-0.39, 0.29) is 5.91 Å². The summed E-state index contributed by atoms with van der Waals surface area (Å²) in [5, 5.41) is 2.86. The van der Waals surface area contributed by atoms with Gasteiger partial charge < -0.3 is 11.1 Å². The zero-order chi connectivity index (χ0) is 15.8. The molecule has 0 radical (unpaired) electrons. The summed E-state index contributed by atoms with van der Waals surface area (Å²) in [6.07, 6.45) is 2.01. The fourth-order valence-corrected chi connectivity index (χ4v) is 3.25. The molecule has 0 aliphatic rings. The number of nitrogens with two attached hydrogens (primary N) is 1. The molecular weight excluding hydrogens is 284 g/mol. The van der Waals surface area contributed by atoms with Gasteiger partial charge >= 0.3 is 0 Å². The van der Waals surface area contributed by atoms with E-state index in [9.17, 15) is 9.00 Å². The van der Waals surface area contributed by atoms with Crippen LogP contribution in [0.15, 0.2) is 18.2 Å². The van der Waals surface area contributed by atoms with Crippen molar-refractivity contribution in [2.24, 2.45) is 5.92 Å². The summed E-state index contributed by atoms with van der Waals surface area (Å²) in [6, 6.07) is 5.45. The van der Waals surface area contributed by atoms with Crippen molar-refractivity contribution in [2.45, 2.75) is 40.0 Å². The molecule has 21 heavy (non-hydrogen) atoms. The smallest absolute Gasteiger partial charge is 0.224 e. The Morgan fingerprint density at radius 3 is 2.71 bits per heavy atom. The summed E-state index contributed by atoms with van der Waals surface area (Å²) >= 11 is 0. The van der Waals surface area contributed by atoms with Crippen LogP contribution in [0.4, 0.5) is 11.4 Å². The number of rotatable bonds is 8. The van der Waals surface area contributed by atoms with Crippen molar-refractivity contribution >= 4 is 28.1 Å². The van der Waals surface area contributed by atoms with E-state index in [1.54, 1.807) is 6.07 Å². The number of carbonyl (C=O) groups is 1. The number of nitrogen functional groups attached to an aromatic ring is 1. The van der Waals surface area contributed by atoms with Crippen LogP contribution in [0.3, 0.4) is 0 Å². The molecule has 0 aliphatic carbocycles. The summed E-state index contributed by atoms with van der Waals surface area (Å²) in [7, 11) is -0.812. The van der Waals surface area contributed by atoms with Crippen molar-refractivity contribution in [1.29, 1.82) is 0 Å². The second-order valence-electron chi connectivity index (χ2n) is 5.76. The number of amides is 1. The lowest BCUT2D eigenvalue weighted by atomic mass is 10.1. The Hall–Kier alpha value is -1.36. The third-order valence-corrected chi connectivity index (χ3v) is 4.67. The molecule has 1 aromatic carbocycles. The normalized spacial score (nSPS) is 12.4. The topological polar surface area (TPSA) is 72.2 Å². The molecule has 1 amide bonds. The van der Waals surface area contributed by atoms with Crippen LogP contribution in [0.5, 0.6) is 0 Å². The number of carbonyl (C=O) groups excluding carboxylic acids is 1. The first kappa shape index (κ1) is 17.7. The molecule has 1 rings (SSSR count). The first-order valence-electron chi connectivity index (χ1n) is 7.39. The quantitative estimate of drug-likeness (QED) is 0.725. The van der Waals surface area contributed by atoms with Gasteiger partial charge in [-0.25, -0.2) is 0 Å². The Kier molecular flexibility index (Phi) is 7.43. The summed E-state index contributed by atoms with van der Waals surface area (Å²) in [6.45, 7) is 6.17. The number of hydrogen-bond donors (Lipinski definition) is 2. The molecule has 0 bridgehead atoms. The largest absolute Gasteiger partial charge is 0.399 e. The molecule has 3 N–H and O–H groups in total. The number of nitrogens with one attached hydrogen (secondary N) is 1. The Morgan fingerprint density at radius 2 is 2.05 bits per heavy atom. The number of benzene rings is 1. The van der Waals surface area contributed by atoms with Crippen molar-refractivity contribution in [3.8, 4) is 0 Å². The van der Waals surface area contributed by atoms with Crippen LogP contribution in [0.1, 0.15) is 38.7 Å². The van der Waals surface area contributed by atoms with E-state index in [1.807, 2.05) is 19.1 Å². The maximum atomic E-state index is 11.9. The van der Waals surface area contributed by atoms with Gasteiger partial charge in [-0.15, -0.1) is 0 Å². The molecule has 1 unspecified atom stereocenters. The molecule has 0 saturated heterocycles. The Balaban J connectivity index is 2.31. The van der Waals surface area contributed by atoms with Gasteiger partial charge in [0.05, 0.1) is 0 Å². The summed E-state index contributed by atoms with van der Waals surface area (Å²) < 4.78 is 11.7. The predicted octanol–water partition coefficient (Wildman–Crippen LogP) is 3.09. The van der Waals surface area contributed by atoms with Crippen molar-refractivity contribution < 1.29 is 9.00 Å². The molecule has 0 saturated carbocycles. The monoisotopic (exact) mass is 310 g/mol. The first-order chi connectivity index (χ1) is 9.88. The van der Waals surface area contributed by atoms with Gasteiger partial charge in [0.15, 0.2) is 0 Å². The van der Waals surface area contributed by atoms with E-state index < -0.39 is 10.8 Å². The van der Waals surface area contributed by atoms with Gasteiger partial charge in [-0.3, -0.25) is 9.00 Å². The zero-order valence-electron chi connectivity index (χ0n) is 13.1. The van der Waals surface area contributed by atoms with E-state index >= 15 is 0 Å². The van der Waals surface area contributed by atoms with Gasteiger partial charge in [0.2, 0.25) is 5.91 Å². The Labute approximate surface area is 130 Å². The van der Waals surface area contributed by atoms with Crippen LogP contribution in [-0.2, 0) is 15.6 Å². The molecule has 1 atom stereocenters. The lowest BCUT2D eigenvalue weighted by molar-refractivity contribution is -0.116. The molecule has 1 aromatic rings. The maximum Gasteiger partial charge on any atom is 0.224 e. The van der Waals surface area contributed by atoms with Gasteiger partial charge in [-0.05, 0) is 43.4 Å². The predicted molar refractivity (Wildman–Crippen MR) is 90.8 cm³/mol. The molecule has 4 nitrogen and oxygen atoms in total. The number of aryl methyl sites for hydroxylation is 1. The van der Waals surface area contributed by atoms with E-state index in [1.165, 1.54) is 0 Å². The number of anilines is 2. The summed E-state index contributed by atoms with van der Waals surface area (Å²) in [4.78, 5) is 11.9. The summed E-state index contributed by atoms with van der Waals surface area (Å²) in [5.74, 6) is 1.84. The van der Waals surface area contributed by atoms with Crippen molar-refractivity contribution in [1.82, 2.24) is 0 Å². The third-order valence-electron chi connectivity index (χ3n) is 3.23. The van der Waals surface area contributed by atoms with Crippen molar-refractivity contribution in [3.05, 3.63) is 23.8 Å². The van der Waals surface area contributed by atoms with E-state index in [0.717, 1.165) is 23.4 Å². The summed E-state index contributed by atoms with van der Waals surface area (Å²) in [5.41, 5.74) is 8.07. The molecule has 0 fully saturated rings. The van der Waals surface area contributed by atoms with Crippen LogP contribution < -0.4 is 11.1 Å². The van der Waals surface area contributed by atoms with Gasteiger partial charge in [0, 0.05) is 40.1 Å². The second-order valence-corrected chi connectivity index (χ2v) is 7.45. The van der Waals surface area contributed by atoms with Crippen LogP contribution in [0, 0.1) is 12.8 Å². The Bertz CT molecular complexity index is 501. The lowest BCUT2D eigenvalue weighted by Crippen LogP contribution is -2.14. The molecule has 0 heterocycles. The average molecular weight is 310 g/mol. The highest BCUT2D eigenvalue weighted by Gasteiger charge is 2.07. The van der Waals surface area contributed by atoms with E-state index in [2.05, 4.69) is 19.2 Å². The maximum absolute atomic E-state index is 11.9. The second kappa shape index (κ2) is 8.82. The lowest BCUT2D eigenvalue weighted by Gasteiger charge is -2.09. The molecule has 0 aromatic heterocycles. The van der Waals surface area contributed by atoms with Gasteiger partial charge in [0.25, 0.3) is 0 Å². The minimum Gasteiger partial charge on any atom is -0.399 e. The molecule has 5 heteroatoms. The molecule has 118 valence electrons. The van der Waals surface area contributed by atoms with Crippen LogP contribution in [0.2, 0.25) is 0 Å². The first-order valence-corrected chi connectivity index (χ1v) is 8.88. The highest BCUT2D eigenvalue weighted by molar-refractivity contribution is 7.84. The van der Waals surface area contributed by atoms with Gasteiger partial charge in [0.1, 0.15) is 0 Å². The molecule has 0 spiro atoms. The number of hydrogen-bond acceptors (Lipinski definition) is 3. The van der Waals surface area contributed by atoms with Crippen LogP contribution in [-0.4, -0.2) is 21.6 Å². The standard InChI is InChI=1S/C16H26N2O2S/c1-12(2)8-10-21(20)9-4-5-16(19)18-15-11-14(17)7-6-13(15)3/h6-7,11-12H,4-5,8-10,17H2,1-3H3,(H,18,19). The van der Waals surface area contributed by atoms with Crippen LogP contribution in [0.25, 0.3) is 0 Å². The Morgan fingerprint density at radius 1 is 1.33 bits per heavy atom. The fourth-order valence-electron chi connectivity index (χ4n) is 1.85. The minimum absolute atomic E-state index is 0.0513. The van der Waals surface area contributed by atoms with Gasteiger partial charge in [-0.1, -0.05) is 19.9 Å². The average Bonchev–Trinajstić information content (AvgIpc) is 2.40. The highest BCUT2D eigenvalue weighted by atomic mass is 32.2. The minimum atomic E-state index is -0.812.